The summed E-state index contributed by atoms with van der Waals surface area (Å²) in [6.45, 7) is 0.194. The molecule has 1 nitrogen and oxygen atoms in total. The second kappa shape index (κ2) is 5.79. The molecule has 18 heavy (non-hydrogen) atoms. The molecule has 0 amide bonds. The van der Waals surface area contributed by atoms with Crippen LogP contribution in [0.1, 0.15) is 5.56 Å². The summed E-state index contributed by atoms with van der Waals surface area (Å²) in [5.41, 5.74) is 0.675. The first kappa shape index (κ1) is 13.5. The summed E-state index contributed by atoms with van der Waals surface area (Å²) >= 11 is 17.7. The highest BCUT2D eigenvalue weighted by Crippen LogP contribution is 2.29. The maximum atomic E-state index is 12.9. The molecule has 0 atom stereocenters. The Bertz CT molecular complexity index is 572. The molecule has 0 fully saturated rings. The zero-order chi connectivity index (χ0) is 13.1. The summed E-state index contributed by atoms with van der Waals surface area (Å²) in [4.78, 5) is 0. The average molecular weight is 306 g/mol. The second-order valence-electron chi connectivity index (χ2n) is 3.60. The Hall–Kier alpha value is -0.960. The lowest BCUT2D eigenvalue weighted by Crippen LogP contribution is -1.97. The van der Waals surface area contributed by atoms with Crippen molar-refractivity contribution in [3.63, 3.8) is 0 Å². The SMILES string of the molecule is Fc1ccc(COc2cc(Cl)ccc2Cl)c(Cl)c1. The van der Waals surface area contributed by atoms with Crippen molar-refractivity contribution < 1.29 is 9.13 Å². The van der Waals surface area contributed by atoms with Gasteiger partial charge in [-0.05, 0) is 24.3 Å². The van der Waals surface area contributed by atoms with Crippen LogP contribution in [0.2, 0.25) is 15.1 Å². The number of benzene rings is 2. The number of hydrogen-bond donors (Lipinski definition) is 0. The van der Waals surface area contributed by atoms with Crippen molar-refractivity contribution in [3.8, 4) is 5.75 Å². The van der Waals surface area contributed by atoms with E-state index >= 15 is 0 Å². The van der Waals surface area contributed by atoms with Crippen LogP contribution in [0, 0.1) is 5.82 Å². The molecule has 0 radical (unpaired) electrons. The number of halogens is 4. The third-order valence-corrected chi connectivity index (χ3v) is 3.19. The van der Waals surface area contributed by atoms with Crippen LogP contribution in [0.15, 0.2) is 36.4 Å². The zero-order valence-electron chi connectivity index (χ0n) is 9.09. The van der Waals surface area contributed by atoms with Gasteiger partial charge in [-0.2, -0.15) is 0 Å². The molecule has 0 aromatic heterocycles. The first-order chi connectivity index (χ1) is 8.56. The third kappa shape index (κ3) is 3.29. The fourth-order valence-electron chi connectivity index (χ4n) is 1.38. The quantitative estimate of drug-likeness (QED) is 0.741. The minimum atomic E-state index is -0.385. The van der Waals surface area contributed by atoms with Crippen LogP contribution in [-0.4, -0.2) is 0 Å². The predicted octanol–water partition coefficient (Wildman–Crippen LogP) is 5.36. The Kier molecular flexibility index (Phi) is 4.33. The average Bonchev–Trinajstić information content (AvgIpc) is 2.32. The van der Waals surface area contributed by atoms with Gasteiger partial charge in [-0.25, -0.2) is 4.39 Å². The standard InChI is InChI=1S/C13H8Cl3FO/c14-9-2-4-11(15)13(5-9)18-7-8-1-3-10(17)6-12(8)16/h1-6H,7H2. The van der Waals surface area contributed by atoms with E-state index in [2.05, 4.69) is 0 Å². The first-order valence-electron chi connectivity index (χ1n) is 5.08. The van der Waals surface area contributed by atoms with Gasteiger partial charge in [-0.15, -0.1) is 0 Å². The van der Waals surface area contributed by atoms with Crippen LogP contribution in [-0.2, 0) is 6.61 Å². The molecule has 0 N–H and O–H groups in total. The van der Waals surface area contributed by atoms with Gasteiger partial charge in [0.1, 0.15) is 18.2 Å². The molecule has 2 aromatic rings. The van der Waals surface area contributed by atoms with Crippen molar-refractivity contribution in [2.24, 2.45) is 0 Å². The number of ether oxygens (including phenoxy) is 1. The fourth-order valence-corrected chi connectivity index (χ4v) is 1.94. The molecule has 0 aliphatic heterocycles. The van der Waals surface area contributed by atoms with E-state index in [1.165, 1.54) is 12.1 Å². The summed E-state index contributed by atoms with van der Waals surface area (Å²) in [7, 11) is 0. The van der Waals surface area contributed by atoms with E-state index in [9.17, 15) is 4.39 Å². The van der Waals surface area contributed by atoms with E-state index in [1.54, 1.807) is 24.3 Å². The Balaban J connectivity index is 2.13. The molecule has 2 aromatic carbocycles. The lowest BCUT2D eigenvalue weighted by atomic mass is 10.2. The molecule has 0 spiro atoms. The maximum absolute atomic E-state index is 12.9. The molecule has 0 bridgehead atoms. The molecule has 0 heterocycles. The highest BCUT2D eigenvalue weighted by molar-refractivity contribution is 6.34. The van der Waals surface area contributed by atoms with Gasteiger partial charge in [-0.3, -0.25) is 0 Å². The van der Waals surface area contributed by atoms with Crippen LogP contribution in [0.25, 0.3) is 0 Å². The molecule has 0 aliphatic carbocycles. The van der Waals surface area contributed by atoms with Gasteiger partial charge < -0.3 is 4.74 Å². The van der Waals surface area contributed by atoms with Gasteiger partial charge in [0.15, 0.2) is 0 Å². The molecule has 0 saturated heterocycles. The normalized spacial score (nSPS) is 10.4. The summed E-state index contributed by atoms with van der Waals surface area (Å²) in [5, 5.41) is 1.30. The molecule has 5 heteroatoms. The van der Waals surface area contributed by atoms with Crippen molar-refractivity contribution in [1.29, 1.82) is 0 Å². The van der Waals surface area contributed by atoms with Crippen molar-refractivity contribution >= 4 is 34.8 Å². The van der Waals surface area contributed by atoms with E-state index in [-0.39, 0.29) is 12.4 Å². The third-order valence-electron chi connectivity index (χ3n) is 2.29. The van der Waals surface area contributed by atoms with Gasteiger partial charge in [0.25, 0.3) is 0 Å². The van der Waals surface area contributed by atoms with Crippen LogP contribution in [0.5, 0.6) is 5.75 Å². The van der Waals surface area contributed by atoms with E-state index in [1.807, 2.05) is 0 Å². The summed E-state index contributed by atoms with van der Waals surface area (Å²) in [5.74, 6) is 0.0779. The first-order valence-corrected chi connectivity index (χ1v) is 6.21. The second-order valence-corrected chi connectivity index (χ2v) is 4.85. The minimum absolute atomic E-state index is 0.194. The van der Waals surface area contributed by atoms with Gasteiger partial charge in [0.2, 0.25) is 0 Å². The topological polar surface area (TPSA) is 9.23 Å². The van der Waals surface area contributed by atoms with E-state index < -0.39 is 0 Å². The van der Waals surface area contributed by atoms with Crippen LogP contribution >= 0.6 is 34.8 Å². The van der Waals surface area contributed by atoms with Crippen molar-refractivity contribution in [1.82, 2.24) is 0 Å². The van der Waals surface area contributed by atoms with Crippen molar-refractivity contribution in [2.45, 2.75) is 6.61 Å². The molecule has 0 aliphatic rings. The molecule has 0 unspecified atom stereocenters. The summed E-state index contributed by atoms with van der Waals surface area (Å²) in [6, 6.07) is 9.05. The monoisotopic (exact) mass is 304 g/mol. The van der Waals surface area contributed by atoms with E-state index in [0.717, 1.165) is 0 Å². The smallest absolute Gasteiger partial charge is 0.139 e. The molecular formula is C13H8Cl3FO. The maximum Gasteiger partial charge on any atom is 0.139 e. The van der Waals surface area contributed by atoms with Crippen molar-refractivity contribution in [2.75, 3.05) is 0 Å². The van der Waals surface area contributed by atoms with E-state index in [0.29, 0.717) is 26.4 Å². The summed E-state index contributed by atoms with van der Waals surface area (Å²) < 4.78 is 18.4. The van der Waals surface area contributed by atoms with Crippen LogP contribution < -0.4 is 4.74 Å². The zero-order valence-corrected chi connectivity index (χ0v) is 11.4. The van der Waals surface area contributed by atoms with E-state index in [4.69, 9.17) is 39.5 Å². The van der Waals surface area contributed by atoms with Gasteiger partial charge in [0, 0.05) is 16.7 Å². The van der Waals surface area contributed by atoms with Crippen molar-refractivity contribution in [3.05, 3.63) is 62.8 Å². The molecule has 94 valence electrons. The number of hydrogen-bond acceptors (Lipinski definition) is 1. The molecular weight excluding hydrogens is 297 g/mol. The predicted molar refractivity (Wildman–Crippen MR) is 72.2 cm³/mol. The Labute approximate surface area is 119 Å². The van der Waals surface area contributed by atoms with Crippen LogP contribution in [0.3, 0.4) is 0 Å². The molecule has 2 rings (SSSR count). The largest absolute Gasteiger partial charge is 0.487 e. The highest BCUT2D eigenvalue weighted by atomic mass is 35.5. The highest BCUT2D eigenvalue weighted by Gasteiger charge is 2.06. The summed E-state index contributed by atoms with van der Waals surface area (Å²) in [6.07, 6.45) is 0. The Morgan fingerprint density at radius 3 is 2.44 bits per heavy atom. The number of rotatable bonds is 3. The molecule has 0 saturated carbocycles. The minimum Gasteiger partial charge on any atom is -0.487 e. The lowest BCUT2D eigenvalue weighted by Gasteiger charge is -2.09. The fraction of sp³-hybridized carbons (Fsp3) is 0.0769. The Morgan fingerprint density at radius 2 is 1.72 bits per heavy atom. The lowest BCUT2D eigenvalue weighted by molar-refractivity contribution is 0.306. The van der Waals surface area contributed by atoms with Gasteiger partial charge in [0.05, 0.1) is 10.0 Å². The van der Waals surface area contributed by atoms with Gasteiger partial charge in [-0.1, -0.05) is 40.9 Å². The van der Waals surface area contributed by atoms with Gasteiger partial charge >= 0.3 is 0 Å². The van der Waals surface area contributed by atoms with Crippen LogP contribution in [0.4, 0.5) is 4.39 Å². The Morgan fingerprint density at radius 1 is 0.944 bits per heavy atom.